The van der Waals surface area contributed by atoms with Crippen LogP contribution in [0.25, 0.3) is 22.2 Å². The standard InChI is InChI=1S/C20H18N4O/c1-2-10-23-11-8-19-22-18-14-15(17-5-3-4-9-21-17)6-7-16(18)20(25)24(19)13-12-23/h1,3-7,9,14H,8,10-13H2. The molecule has 1 aliphatic heterocycles. The summed E-state index contributed by atoms with van der Waals surface area (Å²) in [4.78, 5) is 24.2. The van der Waals surface area contributed by atoms with Gasteiger partial charge in [0.15, 0.2) is 0 Å². The molecule has 1 aromatic carbocycles. The molecule has 0 atom stereocenters. The fourth-order valence-corrected chi connectivity index (χ4v) is 3.28. The van der Waals surface area contributed by atoms with E-state index in [1.807, 2.05) is 36.4 Å². The summed E-state index contributed by atoms with van der Waals surface area (Å²) >= 11 is 0. The van der Waals surface area contributed by atoms with E-state index in [-0.39, 0.29) is 5.56 Å². The molecule has 1 aliphatic rings. The van der Waals surface area contributed by atoms with Gasteiger partial charge in [0.2, 0.25) is 0 Å². The van der Waals surface area contributed by atoms with Gasteiger partial charge in [-0.15, -0.1) is 6.42 Å². The molecule has 3 heterocycles. The van der Waals surface area contributed by atoms with E-state index in [2.05, 4.69) is 15.8 Å². The molecule has 2 aromatic heterocycles. The van der Waals surface area contributed by atoms with Crippen molar-refractivity contribution in [3.63, 3.8) is 0 Å². The van der Waals surface area contributed by atoms with E-state index >= 15 is 0 Å². The number of fused-ring (bicyclic) bond motifs is 2. The predicted octanol–water partition coefficient (Wildman–Crippen LogP) is 1.95. The highest BCUT2D eigenvalue weighted by Gasteiger charge is 2.17. The number of nitrogens with zero attached hydrogens (tertiary/aromatic N) is 4. The van der Waals surface area contributed by atoms with Crippen molar-refractivity contribution in [1.82, 2.24) is 19.4 Å². The number of aromatic nitrogens is 3. The van der Waals surface area contributed by atoms with Crippen molar-refractivity contribution in [2.45, 2.75) is 13.0 Å². The van der Waals surface area contributed by atoms with E-state index in [0.717, 1.165) is 42.1 Å². The molecule has 25 heavy (non-hydrogen) atoms. The van der Waals surface area contributed by atoms with E-state index in [1.54, 1.807) is 10.8 Å². The van der Waals surface area contributed by atoms with E-state index in [9.17, 15) is 4.79 Å². The van der Waals surface area contributed by atoms with Crippen molar-refractivity contribution >= 4 is 10.9 Å². The van der Waals surface area contributed by atoms with E-state index < -0.39 is 0 Å². The van der Waals surface area contributed by atoms with Gasteiger partial charge in [0.1, 0.15) is 5.82 Å². The van der Waals surface area contributed by atoms with Crippen LogP contribution in [0.4, 0.5) is 0 Å². The SMILES string of the molecule is C#CCN1CCc2nc3cc(-c4ccccn4)ccc3c(=O)n2CC1. The Hall–Kier alpha value is -2.97. The lowest BCUT2D eigenvalue weighted by atomic mass is 10.1. The van der Waals surface area contributed by atoms with Gasteiger partial charge in [0, 0.05) is 37.8 Å². The molecule has 5 heteroatoms. The average molecular weight is 330 g/mol. The third kappa shape index (κ3) is 2.92. The summed E-state index contributed by atoms with van der Waals surface area (Å²) in [5.41, 5.74) is 2.59. The number of rotatable bonds is 2. The first kappa shape index (κ1) is 15.6. The molecule has 0 radical (unpaired) electrons. The first-order chi connectivity index (χ1) is 12.3. The Bertz CT molecular complexity index is 1020. The summed E-state index contributed by atoms with van der Waals surface area (Å²) in [6.07, 6.45) is 7.90. The van der Waals surface area contributed by atoms with Crippen LogP contribution in [0.3, 0.4) is 0 Å². The topological polar surface area (TPSA) is 51.0 Å². The first-order valence-electron chi connectivity index (χ1n) is 8.37. The monoisotopic (exact) mass is 330 g/mol. The van der Waals surface area contributed by atoms with Gasteiger partial charge in [0.05, 0.1) is 23.1 Å². The molecule has 124 valence electrons. The normalized spacial score (nSPS) is 14.7. The van der Waals surface area contributed by atoms with Crippen LogP contribution in [0.2, 0.25) is 0 Å². The van der Waals surface area contributed by atoms with Crippen LogP contribution >= 0.6 is 0 Å². The Balaban J connectivity index is 1.79. The van der Waals surface area contributed by atoms with Gasteiger partial charge in [-0.2, -0.15) is 0 Å². The zero-order valence-corrected chi connectivity index (χ0v) is 13.9. The van der Waals surface area contributed by atoms with Gasteiger partial charge in [-0.25, -0.2) is 4.98 Å². The Kier molecular flexibility index (Phi) is 4.04. The van der Waals surface area contributed by atoms with E-state index in [0.29, 0.717) is 18.5 Å². The molecule has 0 saturated heterocycles. The van der Waals surface area contributed by atoms with Gasteiger partial charge in [-0.05, 0) is 24.3 Å². The molecule has 0 amide bonds. The molecule has 3 aromatic rings. The minimum atomic E-state index is 0.0233. The fraction of sp³-hybridized carbons (Fsp3) is 0.250. The second-order valence-corrected chi connectivity index (χ2v) is 6.16. The van der Waals surface area contributed by atoms with Crippen LogP contribution in [0.1, 0.15) is 5.82 Å². The average Bonchev–Trinajstić information content (AvgIpc) is 2.85. The number of pyridine rings is 1. The third-order valence-electron chi connectivity index (χ3n) is 4.60. The van der Waals surface area contributed by atoms with Crippen molar-refractivity contribution < 1.29 is 0 Å². The molecule has 0 bridgehead atoms. The Morgan fingerprint density at radius 2 is 2.08 bits per heavy atom. The second-order valence-electron chi connectivity index (χ2n) is 6.16. The zero-order chi connectivity index (χ0) is 17.2. The summed E-state index contributed by atoms with van der Waals surface area (Å²) in [6.45, 7) is 2.82. The molecule has 4 rings (SSSR count). The van der Waals surface area contributed by atoms with Crippen molar-refractivity contribution in [2.75, 3.05) is 19.6 Å². The summed E-state index contributed by atoms with van der Waals surface area (Å²) in [7, 11) is 0. The van der Waals surface area contributed by atoms with Gasteiger partial charge >= 0.3 is 0 Å². The molecule has 0 unspecified atom stereocenters. The summed E-state index contributed by atoms with van der Waals surface area (Å²) in [5, 5.41) is 0.647. The number of benzene rings is 1. The van der Waals surface area contributed by atoms with E-state index in [1.165, 1.54) is 0 Å². The van der Waals surface area contributed by atoms with Crippen molar-refractivity contribution in [1.29, 1.82) is 0 Å². The maximum absolute atomic E-state index is 12.9. The molecule has 0 saturated carbocycles. The maximum atomic E-state index is 12.9. The summed E-state index contributed by atoms with van der Waals surface area (Å²) < 4.78 is 1.79. The lowest BCUT2D eigenvalue weighted by Crippen LogP contribution is -2.29. The lowest BCUT2D eigenvalue weighted by molar-refractivity contribution is 0.313. The molecular formula is C20H18N4O. The highest BCUT2D eigenvalue weighted by Crippen LogP contribution is 2.21. The predicted molar refractivity (Wildman–Crippen MR) is 98.2 cm³/mol. The lowest BCUT2D eigenvalue weighted by Gasteiger charge is -2.15. The van der Waals surface area contributed by atoms with Crippen molar-refractivity contribution in [3.8, 4) is 23.6 Å². The highest BCUT2D eigenvalue weighted by molar-refractivity contribution is 5.83. The van der Waals surface area contributed by atoms with Crippen LogP contribution in [0.15, 0.2) is 47.4 Å². The van der Waals surface area contributed by atoms with E-state index in [4.69, 9.17) is 11.4 Å². The van der Waals surface area contributed by atoms with Crippen molar-refractivity contribution in [3.05, 3.63) is 58.8 Å². The molecule has 0 N–H and O–H groups in total. The summed E-state index contributed by atoms with van der Waals surface area (Å²) in [5.74, 6) is 3.51. The maximum Gasteiger partial charge on any atom is 0.261 e. The molecule has 0 aliphatic carbocycles. The smallest absolute Gasteiger partial charge is 0.261 e. The molecule has 5 nitrogen and oxygen atoms in total. The van der Waals surface area contributed by atoms with Gasteiger partial charge in [-0.1, -0.05) is 18.1 Å². The first-order valence-corrected chi connectivity index (χ1v) is 8.37. The minimum absolute atomic E-state index is 0.0233. The fourth-order valence-electron chi connectivity index (χ4n) is 3.28. The van der Waals surface area contributed by atoms with Crippen molar-refractivity contribution in [2.24, 2.45) is 0 Å². The molecule has 0 fully saturated rings. The van der Waals surface area contributed by atoms with Gasteiger partial charge in [0.25, 0.3) is 5.56 Å². The van der Waals surface area contributed by atoms with Gasteiger partial charge < -0.3 is 0 Å². The third-order valence-corrected chi connectivity index (χ3v) is 4.60. The number of terminal acetylenes is 1. The van der Waals surface area contributed by atoms with Crippen LogP contribution in [-0.4, -0.2) is 39.1 Å². The van der Waals surface area contributed by atoms with Crippen LogP contribution in [0.5, 0.6) is 0 Å². The number of hydrogen-bond acceptors (Lipinski definition) is 4. The second kappa shape index (κ2) is 6.50. The Labute approximate surface area is 146 Å². The van der Waals surface area contributed by atoms with Crippen LogP contribution in [-0.2, 0) is 13.0 Å². The number of hydrogen-bond donors (Lipinski definition) is 0. The zero-order valence-electron chi connectivity index (χ0n) is 13.9. The molecule has 0 spiro atoms. The van der Waals surface area contributed by atoms with Gasteiger partial charge in [-0.3, -0.25) is 19.2 Å². The van der Waals surface area contributed by atoms with Crippen LogP contribution in [0, 0.1) is 12.3 Å². The highest BCUT2D eigenvalue weighted by atomic mass is 16.1. The largest absolute Gasteiger partial charge is 0.295 e. The Morgan fingerprint density at radius 3 is 2.88 bits per heavy atom. The quantitative estimate of drug-likeness (QED) is 0.674. The minimum Gasteiger partial charge on any atom is -0.295 e. The Morgan fingerprint density at radius 1 is 1.16 bits per heavy atom. The summed E-state index contributed by atoms with van der Waals surface area (Å²) in [6, 6.07) is 11.5. The van der Waals surface area contributed by atoms with Crippen LogP contribution < -0.4 is 5.56 Å². The molecular weight excluding hydrogens is 312 g/mol.